The van der Waals surface area contributed by atoms with E-state index in [9.17, 15) is 9.18 Å². The van der Waals surface area contributed by atoms with Crippen LogP contribution in [0.1, 0.15) is 39.0 Å². The standard InChI is InChI=1S/C16H23FN4O3/c1-2-3-8-23-16(22)21-7-6-11(10-21)19-15-18-9-13(17)14(20-15)24-12-4-5-12/h9,11-12H,2-8,10H2,1H3,(H,18,19,20)/t11-/m0/s1. The van der Waals surface area contributed by atoms with Gasteiger partial charge in [0.25, 0.3) is 5.88 Å². The van der Waals surface area contributed by atoms with Gasteiger partial charge in [0, 0.05) is 19.1 Å². The van der Waals surface area contributed by atoms with Crippen molar-refractivity contribution >= 4 is 12.0 Å². The van der Waals surface area contributed by atoms with Crippen molar-refractivity contribution in [3.8, 4) is 5.88 Å². The maximum Gasteiger partial charge on any atom is 0.409 e. The van der Waals surface area contributed by atoms with Crippen LogP contribution < -0.4 is 10.1 Å². The van der Waals surface area contributed by atoms with Gasteiger partial charge in [0.05, 0.1) is 12.8 Å². The monoisotopic (exact) mass is 338 g/mol. The Labute approximate surface area is 140 Å². The third-order valence-electron chi connectivity index (χ3n) is 4.02. The summed E-state index contributed by atoms with van der Waals surface area (Å²) in [6.07, 6.45) is 5.39. The largest absolute Gasteiger partial charge is 0.472 e. The van der Waals surface area contributed by atoms with E-state index in [1.165, 1.54) is 0 Å². The number of carbonyl (C=O) groups is 1. The second-order valence-corrected chi connectivity index (χ2v) is 6.21. The van der Waals surface area contributed by atoms with E-state index < -0.39 is 5.82 Å². The zero-order chi connectivity index (χ0) is 16.9. The number of nitrogens with zero attached hydrogens (tertiary/aromatic N) is 3. The molecule has 1 atom stereocenters. The van der Waals surface area contributed by atoms with Gasteiger partial charge in [-0.2, -0.15) is 9.37 Å². The zero-order valence-corrected chi connectivity index (χ0v) is 13.8. The quantitative estimate of drug-likeness (QED) is 0.770. The van der Waals surface area contributed by atoms with Crippen LogP contribution in [-0.4, -0.2) is 52.8 Å². The molecule has 1 aromatic heterocycles. The number of nitrogens with one attached hydrogen (secondary N) is 1. The van der Waals surface area contributed by atoms with E-state index in [2.05, 4.69) is 15.3 Å². The fourth-order valence-corrected chi connectivity index (χ4v) is 2.47. The van der Waals surface area contributed by atoms with E-state index in [1.807, 2.05) is 6.92 Å². The molecule has 7 nitrogen and oxygen atoms in total. The summed E-state index contributed by atoms with van der Waals surface area (Å²) in [6, 6.07) is 0.0166. The van der Waals surface area contributed by atoms with Crippen molar-refractivity contribution in [1.82, 2.24) is 14.9 Å². The molecule has 0 aromatic carbocycles. The van der Waals surface area contributed by atoms with Crippen LogP contribution in [0.5, 0.6) is 5.88 Å². The Balaban J connectivity index is 1.50. The molecular weight excluding hydrogens is 315 g/mol. The molecule has 2 fully saturated rings. The number of hydrogen-bond acceptors (Lipinski definition) is 6. The normalized spacial score (nSPS) is 20.1. The van der Waals surface area contributed by atoms with Crippen LogP contribution in [0.4, 0.5) is 15.1 Å². The molecule has 3 rings (SSSR count). The Morgan fingerprint density at radius 3 is 3.04 bits per heavy atom. The topological polar surface area (TPSA) is 76.6 Å². The van der Waals surface area contributed by atoms with Gasteiger partial charge in [-0.25, -0.2) is 9.78 Å². The molecule has 2 heterocycles. The lowest BCUT2D eigenvalue weighted by Gasteiger charge is -2.17. The molecule has 1 aromatic rings. The summed E-state index contributed by atoms with van der Waals surface area (Å²) < 4.78 is 24.3. The van der Waals surface area contributed by atoms with Gasteiger partial charge in [0.2, 0.25) is 11.8 Å². The number of likely N-dealkylation sites (tertiary alicyclic amines) is 1. The molecule has 1 amide bonds. The number of anilines is 1. The number of aromatic nitrogens is 2. The van der Waals surface area contributed by atoms with Gasteiger partial charge in [-0.3, -0.25) is 0 Å². The summed E-state index contributed by atoms with van der Waals surface area (Å²) in [5.74, 6) is -0.248. The molecule has 8 heteroatoms. The molecule has 0 bridgehead atoms. The van der Waals surface area contributed by atoms with Crippen molar-refractivity contribution in [3.05, 3.63) is 12.0 Å². The first-order chi connectivity index (χ1) is 11.7. The molecule has 24 heavy (non-hydrogen) atoms. The lowest BCUT2D eigenvalue weighted by atomic mass is 10.3. The van der Waals surface area contributed by atoms with Crippen molar-refractivity contribution in [3.63, 3.8) is 0 Å². The Hall–Kier alpha value is -2.12. The van der Waals surface area contributed by atoms with Crippen molar-refractivity contribution < 1.29 is 18.7 Å². The number of unbranched alkanes of at least 4 members (excludes halogenated alkanes) is 1. The van der Waals surface area contributed by atoms with Crippen LogP contribution in [0.3, 0.4) is 0 Å². The van der Waals surface area contributed by atoms with Crippen molar-refractivity contribution in [1.29, 1.82) is 0 Å². The molecule has 2 aliphatic rings. The lowest BCUT2D eigenvalue weighted by molar-refractivity contribution is 0.109. The van der Waals surface area contributed by atoms with E-state index in [-0.39, 0.29) is 24.1 Å². The van der Waals surface area contributed by atoms with Gasteiger partial charge in [0.15, 0.2) is 0 Å². The minimum absolute atomic E-state index is 0.0103. The number of ether oxygens (including phenoxy) is 2. The Kier molecular flexibility index (Phi) is 5.32. The van der Waals surface area contributed by atoms with Gasteiger partial charge in [-0.15, -0.1) is 0 Å². The van der Waals surface area contributed by atoms with E-state index >= 15 is 0 Å². The van der Waals surface area contributed by atoms with E-state index in [1.54, 1.807) is 4.90 Å². The first kappa shape index (κ1) is 16.7. The van der Waals surface area contributed by atoms with E-state index in [0.29, 0.717) is 25.6 Å². The van der Waals surface area contributed by atoms with Crippen LogP contribution >= 0.6 is 0 Å². The summed E-state index contributed by atoms with van der Waals surface area (Å²) in [6.45, 7) is 3.64. The number of halogens is 1. The summed E-state index contributed by atoms with van der Waals surface area (Å²) in [5, 5.41) is 3.14. The first-order valence-corrected chi connectivity index (χ1v) is 8.53. The summed E-state index contributed by atoms with van der Waals surface area (Å²) in [4.78, 5) is 21.6. The number of rotatable bonds is 7. The highest BCUT2D eigenvalue weighted by atomic mass is 19.1. The third-order valence-corrected chi connectivity index (χ3v) is 4.02. The van der Waals surface area contributed by atoms with E-state index in [4.69, 9.17) is 9.47 Å². The molecule has 0 spiro atoms. The van der Waals surface area contributed by atoms with Gasteiger partial charge >= 0.3 is 6.09 Å². The van der Waals surface area contributed by atoms with Crippen LogP contribution in [0, 0.1) is 5.82 Å². The molecule has 1 aliphatic heterocycles. The second-order valence-electron chi connectivity index (χ2n) is 6.21. The van der Waals surface area contributed by atoms with Crippen molar-refractivity contribution in [2.24, 2.45) is 0 Å². The summed E-state index contributed by atoms with van der Waals surface area (Å²) >= 11 is 0. The van der Waals surface area contributed by atoms with Crippen LogP contribution in [0.2, 0.25) is 0 Å². The zero-order valence-electron chi connectivity index (χ0n) is 13.8. The predicted molar refractivity (Wildman–Crippen MR) is 85.5 cm³/mol. The average Bonchev–Trinajstić information content (AvgIpc) is 3.26. The molecule has 1 N–H and O–H groups in total. The highest BCUT2D eigenvalue weighted by molar-refractivity contribution is 5.68. The fourth-order valence-electron chi connectivity index (χ4n) is 2.47. The lowest BCUT2D eigenvalue weighted by Crippen LogP contribution is -2.32. The van der Waals surface area contributed by atoms with Gasteiger partial charge < -0.3 is 19.7 Å². The predicted octanol–water partition coefficient (Wildman–Crippen LogP) is 2.58. The maximum atomic E-state index is 13.6. The minimum atomic E-state index is -0.556. The molecule has 1 saturated heterocycles. The summed E-state index contributed by atoms with van der Waals surface area (Å²) in [5.41, 5.74) is 0. The van der Waals surface area contributed by atoms with Crippen molar-refractivity contribution in [2.75, 3.05) is 25.0 Å². The highest BCUT2D eigenvalue weighted by Gasteiger charge is 2.29. The van der Waals surface area contributed by atoms with Crippen LogP contribution in [0.25, 0.3) is 0 Å². The molecule has 1 saturated carbocycles. The number of hydrogen-bond donors (Lipinski definition) is 1. The Morgan fingerprint density at radius 1 is 1.46 bits per heavy atom. The minimum Gasteiger partial charge on any atom is -0.472 e. The molecule has 0 unspecified atom stereocenters. The highest BCUT2D eigenvalue weighted by Crippen LogP contribution is 2.27. The maximum absolute atomic E-state index is 13.6. The number of carbonyl (C=O) groups excluding carboxylic acids is 1. The average molecular weight is 338 g/mol. The first-order valence-electron chi connectivity index (χ1n) is 8.53. The molecule has 132 valence electrons. The number of amides is 1. The van der Waals surface area contributed by atoms with Gasteiger partial charge in [0.1, 0.15) is 6.10 Å². The second kappa shape index (κ2) is 7.63. The molecular formula is C16H23FN4O3. The van der Waals surface area contributed by atoms with E-state index in [0.717, 1.165) is 38.3 Å². The van der Waals surface area contributed by atoms with Crippen LogP contribution in [-0.2, 0) is 4.74 Å². The Bertz CT molecular complexity index is 582. The van der Waals surface area contributed by atoms with Crippen LogP contribution in [0.15, 0.2) is 6.20 Å². The van der Waals surface area contributed by atoms with Gasteiger partial charge in [-0.05, 0) is 25.7 Å². The van der Waals surface area contributed by atoms with Gasteiger partial charge in [-0.1, -0.05) is 13.3 Å². The molecule has 1 aliphatic carbocycles. The van der Waals surface area contributed by atoms with Crippen molar-refractivity contribution in [2.45, 2.75) is 51.2 Å². The molecule has 0 radical (unpaired) electrons. The summed E-state index contributed by atoms with van der Waals surface area (Å²) in [7, 11) is 0. The smallest absolute Gasteiger partial charge is 0.409 e. The fraction of sp³-hybridized carbons (Fsp3) is 0.688. The Morgan fingerprint density at radius 2 is 2.29 bits per heavy atom. The SMILES string of the molecule is CCCCOC(=O)N1CC[C@H](Nc2ncc(F)c(OC3CC3)n2)C1. The third kappa shape index (κ3) is 4.46.